The van der Waals surface area contributed by atoms with Crippen molar-refractivity contribution in [3.05, 3.63) is 0 Å². The Balaban J connectivity index is 1.30. The number of hydrogen-bond acceptors (Lipinski definition) is 4. The van der Waals surface area contributed by atoms with Crippen molar-refractivity contribution in [2.75, 3.05) is 32.7 Å². The molecule has 0 aromatic heterocycles. The van der Waals surface area contributed by atoms with Crippen LogP contribution in [-0.2, 0) is 4.79 Å². The molecule has 116 valence electrons. The summed E-state index contributed by atoms with van der Waals surface area (Å²) < 4.78 is 0. The van der Waals surface area contributed by atoms with Crippen molar-refractivity contribution in [3.8, 4) is 0 Å². The fourth-order valence-corrected chi connectivity index (χ4v) is 5.25. The third kappa shape index (κ3) is 2.11. The molecule has 1 amide bonds. The molecule has 4 fully saturated rings. The van der Waals surface area contributed by atoms with Gasteiger partial charge >= 0.3 is 0 Å². The molecule has 4 unspecified atom stereocenters. The molecule has 4 rings (SSSR count). The molecule has 1 aliphatic heterocycles. The minimum Gasteiger partial charge on any atom is -0.409 e. The average molecular weight is 292 g/mol. The molecule has 3 saturated carbocycles. The standard InChI is InChI=1S/C15H24N4O2/c16-11(17-21)8-18-3-5-19(6-4-18)15(20)14-12-9-1-2-10(7-9)13(12)14/h9-10,12-14,21H,1-8H2,(H2,16,17). The van der Waals surface area contributed by atoms with E-state index in [1.54, 1.807) is 0 Å². The minimum atomic E-state index is 0.239. The number of amidine groups is 1. The van der Waals surface area contributed by atoms with Crippen molar-refractivity contribution in [1.82, 2.24) is 9.80 Å². The monoisotopic (exact) mass is 292 g/mol. The van der Waals surface area contributed by atoms with E-state index in [0.29, 0.717) is 18.4 Å². The Morgan fingerprint density at radius 1 is 1.14 bits per heavy atom. The number of carbonyl (C=O) groups is 1. The summed E-state index contributed by atoms with van der Waals surface area (Å²) in [5.74, 6) is 4.17. The largest absolute Gasteiger partial charge is 0.409 e. The van der Waals surface area contributed by atoms with Gasteiger partial charge in [0.05, 0.1) is 6.54 Å². The van der Waals surface area contributed by atoms with Crippen LogP contribution in [0.15, 0.2) is 5.16 Å². The van der Waals surface area contributed by atoms with E-state index < -0.39 is 0 Å². The predicted octanol–water partition coefficient (Wildman–Crippen LogP) is 0.169. The van der Waals surface area contributed by atoms with Crippen LogP contribution in [-0.4, -0.2) is 59.5 Å². The molecule has 21 heavy (non-hydrogen) atoms. The zero-order valence-electron chi connectivity index (χ0n) is 12.3. The van der Waals surface area contributed by atoms with Crippen LogP contribution in [0, 0.1) is 29.6 Å². The zero-order valence-corrected chi connectivity index (χ0v) is 12.3. The van der Waals surface area contributed by atoms with Gasteiger partial charge in [-0.2, -0.15) is 0 Å². The summed E-state index contributed by atoms with van der Waals surface area (Å²) in [5, 5.41) is 11.6. The molecule has 0 aromatic rings. The quantitative estimate of drug-likeness (QED) is 0.336. The van der Waals surface area contributed by atoms with Gasteiger partial charge in [-0.1, -0.05) is 5.16 Å². The molecule has 2 bridgehead atoms. The van der Waals surface area contributed by atoms with Crippen molar-refractivity contribution in [2.45, 2.75) is 19.3 Å². The van der Waals surface area contributed by atoms with Gasteiger partial charge in [-0.05, 0) is 42.9 Å². The van der Waals surface area contributed by atoms with Crippen LogP contribution < -0.4 is 5.73 Å². The number of carbonyl (C=O) groups excluding carboxylic acids is 1. The van der Waals surface area contributed by atoms with E-state index in [4.69, 9.17) is 10.9 Å². The van der Waals surface area contributed by atoms with Crippen molar-refractivity contribution in [3.63, 3.8) is 0 Å². The molecule has 3 N–H and O–H groups in total. The highest BCUT2D eigenvalue weighted by molar-refractivity contribution is 5.83. The van der Waals surface area contributed by atoms with E-state index in [-0.39, 0.29) is 5.84 Å². The summed E-state index contributed by atoms with van der Waals surface area (Å²) >= 11 is 0. The molecule has 1 saturated heterocycles. The third-order valence-electron chi connectivity index (χ3n) is 6.22. The number of piperazine rings is 1. The zero-order chi connectivity index (χ0) is 14.6. The summed E-state index contributed by atoms with van der Waals surface area (Å²) in [4.78, 5) is 16.9. The maximum Gasteiger partial charge on any atom is 0.226 e. The lowest BCUT2D eigenvalue weighted by Crippen LogP contribution is -2.51. The first-order chi connectivity index (χ1) is 10.2. The van der Waals surface area contributed by atoms with Gasteiger partial charge in [-0.3, -0.25) is 9.69 Å². The Labute approximate surface area is 124 Å². The molecule has 6 nitrogen and oxygen atoms in total. The van der Waals surface area contributed by atoms with Gasteiger partial charge in [0.15, 0.2) is 5.84 Å². The van der Waals surface area contributed by atoms with E-state index in [2.05, 4.69) is 10.1 Å². The van der Waals surface area contributed by atoms with Gasteiger partial charge in [0.25, 0.3) is 0 Å². The Kier molecular flexibility index (Phi) is 3.10. The van der Waals surface area contributed by atoms with Crippen LogP contribution in [0.3, 0.4) is 0 Å². The number of rotatable bonds is 3. The van der Waals surface area contributed by atoms with Crippen LogP contribution in [0.4, 0.5) is 0 Å². The fraction of sp³-hybridized carbons (Fsp3) is 0.867. The highest BCUT2D eigenvalue weighted by Gasteiger charge is 2.67. The lowest BCUT2D eigenvalue weighted by atomic mass is 10.0. The summed E-state index contributed by atoms with van der Waals surface area (Å²) in [7, 11) is 0. The molecule has 3 aliphatic carbocycles. The fourth-order valence-electron chi connectivity index (χ4n) is 5.25. The highest BCUT2D eigenvalue weighted by atomic mass is 16.4. The lowest BCUT2D eigenvalue weighted by Gasteiger charge is -2.35. The second kappa shape index (κ2) is 4.87. The molecule has 0 aromatic carbocycles. The average Bonchev–Trinajstić information content (AvgIpc) is 2.94. The van der Waals surface area contributed by atoms with Gasteiger partial charge in [0, 0.05) is 32.1 Å². The number of nitrogens with zero attached hydrogens (tertiary/aromatic N) is 3. The van der Waals surface area contributed by atoms with Gasteiger partial charge in [-0.15, -0.1) is 0 Å². The first kappa shape index (κ1) is 13.4. The van der Waals surface area contributed by atoms with E-state index in [0.717, 1.165) is 49.9 Å². The van der Waals surface area contributed by atoms with Crippen molar-refractivity contribution >= 4 is 11.7 Å². The van der Waals surface area contributed by atoms with Crippen LogP contribution in [0.2, 0.25) is 0 Å². The normalized spacial score (nSPS) is 42.2. The Morgan fingerprint density at radius 2 is 1.76 bits per heavy atom. The first-order valence-corrected chi connectivity index (χ1v) is 8.16. The number of nitrogens with two attached hydrogens (primary N) is 1. The van der Waals surface area contributed by atoms with E-state index in [1.165, 1.54) is 19.3 Å². The second-order valence-electron chi connectivity index (χ2n) is 7.21. The highest BCUT2D eigenvalue weighted by Crippen LogP contribution is 2.69. The molecular weight excluding hydrogens is 268 g/mol. The second-order valence-corrected chi connectivity index (χ2v) is 7.21. The molecule has 1 heterocycles. The molecule has 0 spiro atoms. The van der Waals surface area contributed by atoms with Gasteiger partial charge in [-0.25, -0.2) is 0 Å². The first-order valence-electron chi connectivity index (χ1n) is 8.16. The molecule has 6 heteroatoms. The minimum absolute atomic E-state index is 0.239. The Hall–Kier alpha value is -1.30. The number of amides is 1. The van der Waals surface area contributed by atoms with Gasteiger partial charge < -0.3 is 15.8 Å². The van der Waals surface area contributed by atoms with Crippen LogP contribution in [0.5, 0.6) is 0 Å². The van der Waals surface area contributed by atoms with Crippen LogP contribution >= 0.6 is 0 Å². The third-order valence-corrected chi connectivity index (χ3v) is 6.22. The van der Waals surface area contributed by atoms with Crippen LogP contribution in [0.1, 0.15) is 19.3 Å². The maximum atomic E-state index is 12.7. The molecule has 4 atom stereocenters. The summed E-state index contributed by atoms with van der Waals surface area (Å²) in [6, 6.07) is 0. The van der Waals surface area contributed by atoms with Crippen molar-refractivity contribution < 1.29 is 10.0 Å². The van der Waals surface area contributed by atoms with Gasteiger partial charge in [0.2, 0.25) is 5.91 Å². The summed E-state index contributed by atoms with van der Waals surface area (Å²) in [5.41, 5.74) is 5.53. The topological polar surface area (TPSA) is 82.2 Å². The number of oxime groups is 1. The van der Waals surface area contributed by atoms with Gasteiger partial charge in [0.1, 0.15) is 0 Å². The van der Waals surface area contributed by atoms with E-state index in [1.807, 2.05) is 4.90 Å². The van der Waals surface area contributed by atoms with Crippen molar-refractivity contribution in [1.29, 1.82) is 0 Å². The van der Waals surface area contributed by atoms with E-state index in [9.17, 15) is 4.79 Å². The Morgan fingerprint density at radius 3 is 2.33 bits per heavy atom. The predicted molar refractivity (Wildman–Crippen MR) is 77.7 cm³/mol. The SMILES string of the molecule is NC(CN1CCN(C(=O)C2C3C4CCC(C4)C23)CC1)=NO. The Bertz CT molecular complexity index is 456. The molecular formula is C15H24N4O2. The smallest absolute Gasteiger partial charge is 0.226 e. The van der Waals surface area contributed by atoms with Crippen molar-refractivity contribution in [2.24, 2.45) is 40.5 Å². The molecule has 0 radical (unpaired) electrons. The number of fused-ring (bicyclic) bond motifs is 5. The van der Waals surface area contributed by atoms with E-state index >= 15 is 0 Å². The lowest BCUT2D eigenvalue weighted by molar-refractivity contribution is -0.135. The maximum absolute atomic E-state index is 12.7. The van der Waals surface area contributed by atoms with Crippen LogP contribution in [0.25, 0.3) is 0 Å². The number of hydrogen-bond donors (Lipinski definition) is 2. The molecule has 4 aliphatic rings. The summed E-state index contributed by atoms with van der Waals surface area (Å²) in [6.07, 6.45) is 4.12. The summed E-state index contributed by atoms with van der Waals surface area (Å²) in [6.45, 7) is 3.68.